The summed E-state index contributed by atoms with van der Waals surface area (Å²) in [5, 5.41) is 8.39. The van der Waals surface area contributed by atoms with Gasteiger partial charge in [0.25, 0.3) is 0 Å². The standard InChI is InChI=1S/C12H22N4/c1-2-4-12-11(9-13)14-15-16(12)8-7-10-5-3-6-10/h10H,2-9,13H2,1H3. The molecule has 1 aromatic rings. The van der Waals surface area contributed by atoms with E-state index >= 15 is 0 Å². The number of hydrogen-bond acceptors (Lipinski definition) is 3. The fourth-order valence-corrected chi connectivity index (χ4v) is 2.30. The van der Waals surface area contributed by atoms with E-state index in [9.17, 15) is 0 Å². The number of nitrogens with two attached hydrogens (primary N) is 1. The Morgan fingerprint density at radius 2 is 2.25 bits per heavy atom. The van der Waals surface area contributed by atoms with E-state index in [0.29, 0.717) is 6.54 Å². The molecule has 2 N–H and O–H groups in total. The summed E-state index contributed by atoms with van der Waals surface area (Å²) in [7, 11) is 0. The molecule has 0 amide bonds. The van der Waals surface area contributed by atoms with Crippen LogP contribution in [-0.4, -0.2) is 15.0 Å². The van der Waals surface area contributed by atoms with Gasteiger partial charge in [-0.15, -0.1) is 5.10 Å². The Morgan fingerprint density at radius 3 is 2.81 bits per heavy atom. The summed E-state index contributed by atoms with van der Waals surface area (Å²) in [6.07, 6.45) is 7.65. The number of aromatic nitrogens is 3. The van der Waals surface area contributed by atoms with Crippen LogP contribution in [0.25, 0.3) is 0 Å². The van der Waals surface area contributed by atoms with Crippen molar-refractivity contribution in [1.82, 2.24) is 15.0 Å². The summed E-state index contributed by atoms with van der Waals surface area (Å²) >= 11 is 0. The van der Waals surface area contributed by atoms with Crippen LogP contribution < -0.4 is 5.73 Å². The monoisotopic (exact) mass is 222 g/mol. The van der Waals surface area contributed by atoms with Crippen LogP contribution in [0.5, 0.6) is 0 Å². The zero-order chi connectivity index (χ0) is 11.4. The van der Waals surface area contributed by atoms with Crippen molar-refractivity contribution in [2.75, 3.05) is 0 Å². The van der Waals surface area contributed by atoms with E-state index in [1.165, 1.54) is 31.4 Å². The molecular formula is C12H22N4. The van der Waals surface area contributed by atoms with Gasteiger partial charge in [-0.25, -0.2) is 4.68 Å². The quantitative estimate of drug-likeness (QED) is 0.799. The summed E-state index contributed by atoms with van der Waals surface area (Å²) in [4.78, 5) is 0. The van der Waals surface area contributed by atoms with Gasteiger partial charge in [-0.05, 0) is 18.8 Å². The molecule has 0 spiro atoms. The van der Waals surface area contributed by atoms with Crippen LogP contribution in [0.1, 0.15) is 50.4 Å². The third kappa shape index (κ3) is 2.43. The van der Waals surface area contributed by atoms with E-state index in [-0.39, 0.29) is 0 Å². The maximum Gasteiger partial charge on any atom is 0.0994 e. The average molecular weight is 222 g/mol. The highest BCUT2D eigenvalue weighted by Gasteiger charge is 2.18. The van der Waals surface area contributed by atoms with E-state index in [1.807, 2.05) is 0 Å². The highest BCUT2D eigenvalue weighted by molar-refractivity contribution is 5.09. The molecule has 1 fully saturated rings. The van der Waals surface area contributed by atoms with Crippen molar-refractivity contribution in [2.24, 2.45) is 11.7 Å². The molecule has 1 aliphatic rings. The summed E-state index contributed by atoms with van der Waals surface area (Å²) in [6, 6.07) is 0. The molecule has 0 saturated heterocycles. The molecule has 4 nitrogen and oxygen atoms in total. The Labute approximate surface area is 97.2 Å². The van der Waals surface area contributed by atoms with Crippen molar-refractivity contribution in [3.05, 3.63) is 11.4 Å². The predicted octanol–water partition coefficient (Wildman–Crippen LogP) is 1.88. The van der Waals surface area contributed by atoms with Gasteiger partial charge in [0.15, 0.2) is 0 Å². The minimum absolute atomic E-state index is 0.513. The lowest BCUT2D eigenvalue weighted by atomic mass is 9.83. The molecule has 1 aliphatic carbocycles. The van der Waals surface area contributed by atoms with Crippen LogP contribution in [0.4, 0.5) is 0 Å². The van der Waals surface area contributed by atoms with Crippen molar-refractivity contribution >= 4 is 0 Å². The van der Waals surface area contributed by atoms with Crippen molar-refractivity contribution in [1.29, 1.82) is 0 Å². The zero-order valence-electron chi connectivity index (χ0n) is 10.2. The van der Waals surface area contributed by atoms with E-state index < -0.39 is 0 Å². The highest BCUT2D eigenvalue weighted by atomic mass is 15.4. The van der Waals surface area contributed by atoms with E-state index in [2.05, 4.69) is 21.9 Å². The van der Waals surface area contributed by atoms with Gasteiger partial charge < -0.3 is 5.73 Å². The smallest absolute Gasteiger partial charge is 0.0994 e. The van der Waals surface area contributed by atoms with Gasteiger partial charge in [0.2, 0.25) is 0 Å². The van der Waals surface area contributed by atoms with Crippen LogP contribution in [0.2, 0.25) is 0 Å². The highest BCUT2D eigenvalue weighted by Crippen LogP contribution is 2.29. The molecule has 90 valence electrons. The second-order valence-electron chi connectivity index (χ2n) is 4.75. The van der Waals surface area contributed by atoms with Gasteiger partial charge in [0, 0.05) is 13.1 Å². The Balaban J connectivity index is 1.97. The van der Waals surface area contributed by atoms with Crippen LogP contribution in [-0.2, 0) is 19.5 Å². The molecule has 2 rings (SSSR count). The molecule has 0 aliphatic heterocycles. The topological polar surface area (TPSA) is 56.7 Å². The fourth-order valence-electron chi connectivity index (χ4n) is 2.30. The van der Waals surface area contributed by atoms with Crippen molar-refractivity contribution in [2.45, 2.75) is 58.5 Å². The molecule has 0 bridgehead atoms. The first kappa shape index (κ1) is 11.6. The molecule has 0 radical (unpaired) electrons. The lowest BCUT2D eigenvalue weighted by Gasteiger charge is -2.25. The first-order chi connectivity index (χ1) is 7.85. The summed E-state index contributed by atoms with van der Waals surface area (Å²) in [6.45, 7) is 3.72. The molecule has 1 saturated carbocycles. The summed E-state index contributed by atoms with van der Waals surface area (Å²) in [5.41, 5.74) is 7.91. The SMILES string of the molecule is CCCc1c(CN)nnn1CCC1CCC1. The van der Waals surface area contributed by atoms with Gasteiger partial charge >= 0.3 is 0 Å². The molecule has 0 atom stereocenters. The molecule has 1 aromatic heterocycles. The largest absolute Gasteiger partial charge is 0.325 e. The predicted molar refractivity (Wildman–Crippen MR) is 63.9 cm³/mol. The minimum atomic E-state index is 0.513. The Morgan fingerprint density at radius 1 is 1.44 bits per heavy atom. The molecule has 16 heavy (non-hydrogen) atoms. The lowest BCUT2D eigenvalue weighted by molar-refractivity contribution is 0.275. The van der Waals surface area contributed by atoms with Gasteiger partial charge in [-0.3, -0.25) is 0 Å². The third-order valence-corrected chi connectivity index (χ3v) is 3.57. The van der Waals surface area contributed by atoms with Crippen LogP contribution in [0.15, 0.2) is 0 Å². The van der Waals surface area contributed by atoms with Gasteiger partial charge in [-0.1, -0.05) is 37.8 Å². The maximum absolute atomic E-state index is 5.67. The van der Waals surface area contributed by atoms with Crippen molar-refractivity contribution in [3.63, 3.8) is 0 Å². The van der Waals surface area contributed by atoms with Gasteiger partial charge in [0.05, 0.1) is 11.4 Å². The van der Waals surface area contributed by atoms with Gasteiger partial charge in [-0.2, -0.15) is 0 Å². The average Bonchev–Trinajstić information content (AvgIpc) is 2.60. The molecular weight excluding hydrogens is 200 g/mol. The third-order valence-electron chi connectivity index (χ3n) is 3.57. The second-order valence-corrected chi connectivity index (χ2v) is 4.75. The van der Waals surface area contributed by atoms with Crippen molar-refractivity contribution in [3.8, 4) is 0 Å². The van der Waals surface area contributed by atoms with Crippen molar-refractivity contribution < 1.29 is 0 Å². The minimum Gasteiger partial charge on any atom is -0.325 e. The van der Waals surface area contributed by atoms with E-state index in [1.54, 1.807) is 0 Å². The number of aryl methyl sites for hydroxylation is 1. The Kier molecular flexibility index (Phi) is 3.93. The number of rotatable bonds is 6. The Bertz CT molecular complexity index is 328. The van der Waals surface area contributed by atoms with Crippen LogP contribution in [0.3, 0.4) is 0 Å². The lowest BCUT2D eigenvalue weighted by Crippen LogP contribution is -2.16. The van der Waals surface area contributed by atoms with E-state index in [0.717, 1.165) is 31.0 Å². The molecule has 1 heterocycles. The maximum atomic E-state index is 5.67. The second kappa shape index (κ2) is 5.43. The Hall–Kier alpha value is -0.900. The van der Waals surface area contributed by atoms with E-state index in [4.69, 9.17) is 5.73 Å². The van der Waals surface area contributed by atoms with Gasteiger partial charge in [0.1, 0.15) is 0 Å². The summed E-state index contributed by atoms with van der Waals surface area (Å²) < 4.78 is 2.07. The molecule has 0 unspecified atom stereocenters. The first-order valence-corrected chi connectivity index (χ1v) is 6.46. The zero-order valence-corrected chi connectivity index (χ0v) is 10.2. The van der Waals surface area contributed by atoms with Crippen LogP contribution >= 0.6 is 0 Å². The fraction of sp³-hybridized carbons (Fsp3) is 0.833. The van der Waals surface area contributed by atoms with Crippen LogP contribution in [0, 0.1) is 5.92 Å². The molecule has 0 aromatic carbocycles. The first-order valence-electron chi connectivity index (χ1n) is 6.46. The summed E-state index contributed by atoms with van der Waals surface area (Å²) in [5.74, 6) is 0.931. The molecule has 4 heteroatoms. The number of hydrogen-bond donors (Lipinski definition) is 1. The normalized spacial score (nSPS) is 16.4. The number of nitrogens with zero attached hydrogens (tertiary/aromatic N) is 3.